The zero-order valence-corrected chi connectivity index (χ0v) is 5.20. The van der Waals surface area contributed by atoms with Crippen LogP contribution in [0.1, 0.15) is 0 Å². The van der Waals surface area contributed by atoms with Gasteiger partial charge in [0.15, 0.2) is 0 Å². The molecule has 0 amide bonds. The summed E-state index contributed by atoms with van der Waals surface area (Å²) in [6, 6.07) is 0. The quantitative estimate of drug-likeness (QED) is 0.541. The average Bonchev–Trinajstić information content (AvgIpc) is 1.33. The monoisotopic (exact) mass is 172 g/mol. The lowest BCUT2D eigenvalue weighted by molar-refractivity contribution is 0.00819. The predicted octanol–water partition coefficient (Wildman–Crippen LogP) is 3.21. The van der Waals surface area contributed by atoms with Crippen LogP contribution < -0.4 is 0 Å². The van der Waals surface area contributed by atoms with E-state index in [1.165, 1.54) is 0 Å². The summed E-state index contributed by atoms with van der Waals surface area (Å²) in [5.74, 6) is 0. The standard InChI is InChI=1S/CHF3.Cl2S/c2-1(3)4;1-3-2/h1H;. The van der Waals surface area contributed by atoms with Crippen LogP contribution in [0, 0.1) is 0 Å². The smallest absolute Gasteiger partial charge is 0.174 e. The van der Waals surface area contributed by atoms with Gasteiger partial charge in [0, 0.05) is 0 Å². The Morgan fingerprint density at radius 1 is 1.14 bits per heavy atom. The van der Waals surface area contributed by atoms with Crippen molar-refractivity contribution >= 4 is 31.6 Å². The van der Waals surface area contributed by atoms with Crippen molar-refractivity contribution in [1.82, 2.24) is 0 Å². The lowest BCUT2D eigenvalue weighted by Gasteiger charge is -1.65. The van der Waals surface area contributed by atoms with Crippen LogP contribution in [-0.2, 0) is 0 Å². The molecule has 0 bridgehead atoms. The molecule has 7 heavy (non-hydrogen) atoms. The number of hydrogen-bond acceptors (Lipinski definition) is 1. The van der Waals surface area contributed by atoms with E-state index in [-0.39, 0.29) is 0 Å². The van der Waals surface area contributed by atoms with Gasteiger partial charge < -0.3 is 0 Å². The third kappa shape index (κ3) is 289. The first kappa shape index (κ1) is 10.7. The van der Waals surface area contributed by atoms with Gasteiger partial charge in [-0.3, -0.25) is 0 Å². The molecule has 0 aromatic rings. The molecule has 0 aromatic heterocycles. The molecule has 0 aliphatic carbocycles. The molecule has 0 radical (unpaired) electrons. The lowest BCUT2D eigenvalue weighted by Crippen LogP contribution is -1.65. The fourth-order valence-electron chi connectivity index (χ4n) is 0. The second kappa shape index (κ2) is 9.87. The highest BCUT2D eigenvalue weighted by Crippen LogP contribution is 2.08. The summed E-state index contributed by atoms with van der Waals surface area (Å²) >= 11 is 0. The maximum atomic E-state index is 9.67. The molecule has 0 spiro atoms. The van der Waals surface area contributed by atoms with Gasteiger partial charge >= 0.3 is 6.68 Å². The summed E-state index contributed by atoms with van der Waals surface area (Å²) < 4.78 is 29.0. The molecular weight excluding hydrogens is 172 g/mol. The number of hydrogen-bond donors (Lipinski definition) is 0. The minimum Gasteiger partial charge on any atom is -0.174 e. The van der Waals surface area contributed by atoms with Gasteiger partial charge in [-0.15, -0.1) is 0 Å². The Labute approximate surface area is 52.0 Å². The first-order valence-corrected chi connectivity index (χ1v) is 3.43. The second-order valence-corrected chi connectivity index (χ2v) is 1.82. The maximum absolute atomic E-state index is 9.67. The van der Waals surface area contributed by atoms with Crippen molar-refractivity contribution in [1.29, 1.82) is 0 Å². The van der Waals surface area contributed by atoms with Crippen LogP contribution in [-0.4, -0.2) is 6.68 Å². The highest BCUT2D eigenvalue weighted by Gasteiger charge is 1.86. The Hall–Kier alpha value is 0.720. The fourth-order valence-corrected chi connectivity index (χ4v) is 0. The normalized spacial score (nSPS) is 7.71. The zero-order chi connectivity index (χ0) is 6.28. The molecule has 0 aliphatic rings. The van der Waals surface area contributed by atoms with Gasteiger partial charge in [-0.05, 0) is 21.4 Å². The van der Waals surface area contributed by atoms with Crippen molar-refractivity contribution in [3.05, 3.63) is 0 Å². The van der Waals surface area contributed by atoms with Crippen molar-refractivity contribution in [2.24, 2.45) is 0 Å². The van der Waals surface area contributed by atoms with Crippen molar-refractivity contribution < 1.29 is 13.2 Å². The van der Waals surface area contributed by atoms with Gasteiger partial charge in [-0.25, -0.2) is 0 Å². The first-order valence-electron chi connectivity index (χ1n) is 0.963. The summed E-state index contributed by atoms with van der Waals surface area (Å²) in [6.45, 7) is -3.67. The molecule has 6 heteroatoms. The van der Waals surface area contributed by atoms with Gasteiger partial charge in [0.2, 0.25) is 0 Å². The topological polar surface area (TPSA) is 0 Å². The highest BCUT2D eigenvalue weighted by atomic mass is 36.0. The molecule has 0 aliphatic heterocycles. The van der Waals surface area contributed by atoms with Crippen molar-refractivity contribution in [2.75, 3.05) is 0 Å². The molecule has 0 unspecified atom stereocenters. The first-order chi connectivity index (χ1) is 3.15. The second-order valence-electron chi connectivity index (χ2n) is 0.306. The zero-order valence-electron chi connectivity index (χ0n) is 2.88. The van der Waals surface area contributed by atoms with Gasteiger partial charge in [0.05, 0.1) is 10.2 Å². The minimum absolute atomic E-state index is 0.694. The van der Waals surface area contributed by atoms with Crippen LogP contribution in [0.2, 0.25) is 0 Å². The van der Waals surface area contributed by atoms with E-state index in [1.807, 2.05) is 0 Å². The van der Waals surface area contributed by atoms with E-state index in [0.717, 1.165) is 0 Å². The highest BCUT2D eigenvalue weighted by molar-refractivity contribution is 8.38. The Morgan fingerprint density at radius 3 is 1.14 bits per heavy atom. The van der Waals surface area contributed by atoms with E-state index in [4.69, 9.17) is 0 Å². The predicted molar refractivity (Wildman–Crippen MR) is 26.4 cm³/mol. The summed E-state index contributed by atoms with van der Waals surface area (Å²) in [4.78, 5) is 0. The Balaban J connectivity index is 0. The minimum atomic E-state index is -3.67. The Morgan fingerprint density at radius 2 is 1.14 bits per heavy atom. The molecule has 0 heterocycles. The van der Waals surface area contributed by atoms with Crippen LogP contribution in [0.5, 0.6) is 0 Å². The lowest BCUT2D eigenvalue weighted by atomic mass is 11.6. The van der Waals surface area contributed by atoms with E-state index in [2.05, 4.69) is 21.4 Å². The van der Waals surface area contributed by atoms with Gasteiger partial charge in [-0.2, -0.15) is 13.2 Å². The van der Waals surface area contributed by atoms with E-state index in [1.54, 1.807) is 0 Å². The third-order valence-electron chi connectivity index (χ3n) is 0. The molecule has 46 valence electrons. The van der Waals surface area contributed by atoms with Crippen LogP contribution in [0.4, 0.5) is 13.2 Å². The van der Waals surface area contributed by atoms with E-state index < -0.39 is 6.68 Å². The SMILES string of the molecule is ClSCl.FC(F)F. The maximum Gasteiger partial charge on any atom is 0.379 e. The molecular formula is CHCl2F3S. The molecule has 0 atom stereocenters. The average molecular weight is 173 g/mol. The van der Waals surface area contributed by atoms with Crippen LogP contribution >= 0.6 is 31.6 Å². The molecule has 0 nitrogen and oxygen atoms in total. The van der Waals surface area contributed by atoms with E-state index >= 15 is 0 Å². The molecule has 0 rings (SSSR count). The summed E-state index contributed by atoms with van der Waals surface area (Å²) in [5, 5.41) is 0. The summed E-state index contributed by atoms with van der Waals surface area (Å²) in [5.41, 5.74) is 0. The largest absolute Gasteiger partial charge is 0.379 e. The molecule has 0 saturated carbocycles. The van der Waals surface area contributed by atoms with Crippen LogP contribution in [0.15, 0.2) is 0 Å². The van der Waals surface area contributed by atoms with Crippen molar-refractivity contribution in [3.8, 4) is 0 Å². The molecule has 0 fully saturated rings. The van der Waals surface area contributed by atoms with Crippen LogP contribution in [0.3, 0.4) is 0 Å². The Kier molecular flexibility index (Phi) is 15.0. The van der Waals surface area contributed by atoms with Gasteiger partial charge in [0.1, 0.15) is 0 Å². The van der Waals surface area contributed by atoms with E-state index in [9.17, 15) is 13.2 Å². The number of halogens is 5. The molecule has 0 aromatic carbocycles. The van der Waals surface area contributed by atoms with E-state index in [0.29, 0.717) is 10.2 Å². The molecule has 0 N–H and O–H groups in total. The third-order valence-corrected chi connectivity index (χ3v) is 0. The summed E-state index contributed by atoms with van der Waals surface area (Å²) in [7, 11) is 10.1. The fraction of sp³-hybridized carbons (Fsp3) is 1.00. The number of rotatable bonds is 0. The van der Waals surface area contributed by atoms with Crippen LogP contribution in [0.25, 0.3) is 0 Å². The Bertz CT molecular complexity index is 24.1. The van der Waals surface area contributed by atoms with Gasteiger partial charge in [0.25, 0.3) is 0 Å². The van der Waals surface area contributed by atoms with Crippen molar-refractivity contribution in [2.45, 2.75) is 6.68 Å². The van der Waals surface area contributed by atoms with Crippen molar-refractivity contribution in [3.63, 3.8) is 0 Å². The number of alkyl halides is 3. The summed E-state index contributed by atoms with van der Waals surface area (Å²) in [6.07, 6.45) is 0. The molecule has 0 saturated heterocycles. The van der Waals surface area contributed by atoms with Gasteiger partial charge in [-0.1, -0.05) is 0 Å².